The molecule has 0 radical (unpaired) electrons. The van der Waals surface area contributed by atoms with Gasteiger partial charge in [-0.3, -0.25) is 14.4 Å². The predicted octanol–water partition coefficient (Wildman–Crippen LogP) is 1.44. The van der Waals surface area contributed by atoms with E-state index in [1.165, 1.54) is 0 Å². The molecular formula is C20H27N3O4. The van der Waals surface area contributed by atoms with E-state index in [9.17, 15) is 14.4 Å². The van der Waals surface area contributed by atoms with Crippen molar-refractivity contribution in [2.75, 3.05) is 38.1 Å². The number of hydrogen-bond acceptors (Lipinski definition) is 4. The average molecular weight is 373 g/mol. The minimum atomic E-state index is -0.499. The summed E-state index contributed by atoms with van der Waals surface area (Å²) in [6, 6.07) is 5.54. The van der Waals surface area contributed by atoms with Crippen LogP contribution in [0.2, 0.25) is 0 Å². The summed E-state index contributed by atoms with van der Waals surface area (Å²) in [5.74, 6) is 0.740. The fourth-order valence-corrected chi connectivity index (χ4v) is 3.59. The van der Waals surface area contributed by atoms with E-state index in [0.29, 0.717) is 44.0 Å². The van der Waals surface area contributed by atoms with E-state index in [1.54, 1.807) is 18.9 Å². The highest BCUT2D eigenvalue weighted by atomic mass is 16.5. The fourth-order valence-electron chi connectivity index (χ4n) is 3.59. The van der Waals surface area contributed by atoms with Crippen LogP contribution >= 0.6 is 0 Å². The second kappa shape index (κ2) is 7.98. The van der Waals surface area contributed by atoms with E-state index in [1.807, 2.05) is 34.9 Å². The molecule has 3 rings (SSSR count). The summed E-state index contributed by atoms with van der Waals surface area (Å²) in [7, 11) is 1.72. The van der Waals surface area contributed by atoms with Crippen molar-refractivity contribution in [2.24, 2.45) is 0 Å². The van der Waals surface area contributed by atoms with Crippen LogP contribution in [0, 0.1) is 0 Å². The second-order valence-corrected chi connectivity index (χ2v) is 7.10. The van der Waals surface area contributed by atoms with Gasteiger partial charge in [0.05, 0.1) is 12.1 Å². The van der Waals surface area contributed by atoms with Crippen molar-refractivity contribution >= 4 is 23.4 Å². The van der Waals surface area contributed by atoms with Gasteiger partial charge in [-0.1, -0.05) is 13.0 Å². The number of carbonyl (C=O) groups is 3. The second-order valence-electron chi connectivity index (χ2n) is 7.10. The average Bonchev–Trinajstić information content (AvgIpc) is 2.92. The molecular weight excluding hydrogens is 346 g/mol. The number of carbonyl (C=O) groups excluding carboxylic acids is 3. The van der Waals surface area contributed by atoms with Crippen LogP contribution in [0.5, 0.6) is 5.75 Å². The Balaban J connectivity index is 1.66. The summed E-state index contributed by atoms with van der Waals surface area (Å²) in [6.07, 6.45) is 1.06. The molecule has 1 unspecified atom stereocenters. The SMILES string of the molecule is CCC(=O)N1CCCN(C(=O)Cc2ccc3c(c2)N(C)C(=O)C(C)O3)CC1. The standard InChI is InChI=1S/C20H27N3O4/c1-4-18(24)22-8-5-9-23(11-10-22)19(25)13-15-6-7-17-16(12-15)21(3)20(26)14(2)27-17/h6-7,12,14H,4-5,8-11,13H2,1-3H3. The summed E-state index contributed by atoms with van der Waals surface area (Å²) < 4.78 is 5.63. The number of amides is 3. The Morgan fingerprint density at radius 2 is 1.78 bits per heavy atom. The first kappa shape index (κ1) is 19.2. The Morgan fingerprint density at radius 1 is 1.11 bits per heavy atom. The van der Waals surface area contributed by atoms with Crippen molar-refractivity contribution in [1.29, 1.82) is 0 Å². The van der Waals surface area contributed by atoms with Gasteiger partial charge in [0.2, 0.25) is 11.8 Å². The van der Waals surface area contributed by atoms with Crippen molar-refractivity contribution in [2.45, 2.75) is 39.2 Å². The molecule has 1 fully saturated rings. The lowest BCUT2D eigenvalue weighted by Crippen LogP contribution is -2.42. The predicted molar refractivity (Wildman–Crippen MR) is 102 cm³/mol. The van der Waals surface area contributed by atoms with Crippen LogP contribution in [0.3, 0.4) is 0 Å². The molecule has 2 heterocycles. The number of hydrogen-bond donors (Lipinski definition) is 0. The highest BCUT2D eigenvalue weighted by Gasteiger charge is 2.29. The van der Waals surface area contributed by atoms with E-state index < -0.39 is 6.10 Å². The summed E-state index contributed by atoms with van der Waals surface area (Å²) in [4.78, 5) is 42.0. The van der Waals surface area contributed by atoms with E-state index in [0.717, 1.165) is 12.0 Å². The fraction of sp³-hybridized carbons (Fsp3) is 0.550. The maximum Gasteiger partial charge on any atom is 0.267 e. The first-order chi connectivity index (χ1) is 12.9. The van der Waals surface area contributed by atoms with Gasteiger partial charge in [-0.15, -0.1) is 0 Å². The normalized spacial score (nSPS) is 20.0. The number of fused-ring (bicyclic) bond motifs is 1. The van der Waals surface area contributed by atoms with Gasteiger partial charge in [-0.05, 0) is 31.0 Å². The van der Waals surface area contributed by atoms with Crippen molar-refractivity contribution in [3.63, 3.8) is 0 Å². The number of likely N-dealkylation sites (N-methyl/N-ethyl adjacent to an activating group) is 1. The highest BCUT2D eigenvalue weighted by molar-refractivity contribution is 5.99. The third-order valence-electron chi connectivity index (χ3n) is 5.23. The van der Waals surface area contributed by atoms with Gasteiger partial charge < -0.3 is 19.4 Å². The van der Waals surface area contributed by atoms with Crippen LogP contribution in [0.1, 0.15) is 32.3 Å². The molecule has 7 nitrogen and oxygen atoms in total. The van der Waals surface area contributed by atoms with E-state index in [4.69, 9.17) is 4.74 Å². The molecule has 0 bridgehead atoms. The summed E-state index contributed by atoms with van der Waals surface area (Å²) in [5, 5.41) is 0. The Bertz CT molecular complexity index is 749. The molecule has 3 amide bonds. The Morgan fingerprint density at radius 3 is 2.44 bits per heavy atom. The largest absolute Gasteiger partial charge is 0.479 e. The van der Waals surface area contributed by atoms with Gasteiger partial charge in [0.25, 0.3) is 5.91 Å². The zero-order valence-corrected chi connectivity index (χ0v) is 16.2. The van der Waals surface area contributed by atoms with Crippen LogP contribution in [-0.2, 0) is 20.8 Å². The quantitative estimate of drug-likeness (QED) is 0.804. The molecule has 146 valence electrons. The Labute approximate surface area is 159 Å². The number of benzene rings is 1. The molecule has 0 spiro atoms. The lowest BCUT2D eigenvalue weighted by Gasteiger charge is -2.30. The zero-order valence-electron chi connectivity index (χ0n) is 16.2. The van der Waals surface area contributed by atoms with Crippen LogP contribution < -0.4 is 9.64 Å². The smallest absolute Gasteiger partial charge is 0.267 e. The molecule has 0 aromatic heterocycles. The minimum absolute atomic E-state index is 0.0415. The summed E-state index contributed by atoms with van der Waals surface area (Å²) in [6.45, 7) is 6.11. The summed E-state index contributed by atoms with van der Waals surface area (Å²) in [5.41, 5.74) is 1.54. The van der Waals surface area contributed by atoms with Gasteiger partial charge in [0, 0.05) is 39.6 Å². The number of ether oxygens (including phenoxy) is 1. The molecule has 1 atom stereocenters. The number of anilines is 1. The van der Waals surface area contributed by atoms with Crippen LogP contribution in [0.25, 0.3) is 0 Å². The zero-order chi connectivity index (χ0) is 19.6. The molecule has 2 aliphatic heterocycles. The minimum Gasteiger partial charge on any atom is -0.479 e. The monoisotopic (exact) mass is 373 g/mol. The van der Waals surface area contributed by atoms with Crippen LogP contribution in [0.15, 0.2) is 18.2 Å². The van der Waals surface area contributed by atoms with Crippen molar-refractivity contribution in [3.8, 4) is 5.75 Å². The maximum absolute atomic E-state index is 12.7. The van der Waals surface area contributed by atoms with E-state index in [-0.39, 0.29) is 24.1 Å². The molecule has 2 aliphatic rings. The molecule has 7 heteroatoms. The van der Waals surface area contributed by atoms with Gasteiger partial charge in [0.1, 0.15) is 5.75 Å². The van der Waals surface area contributed by atoms with Crippen LogP contribution in [-0.4, -0.2) is 66.9 Å². The van der Waals surface area contributed by atoms with E-state index >= 15 is 0 Å². The van der Waals surface area contributed by atoms with Crippen molar-refractivity contribution in [3.05, 3.63) is 23.8 Å². The Hall–Kier alpha value is -2.57. The highest BCUT2D eigenvalue weighted by Crippen LogP contribution is 2.34. The van der Waals surface area contributed by atoms with Crippen molar-refractivity contribution in [1.82, 2.24) is 9.80 Å². The first-order valence-corrected chi connectivity index (χ1v) is 9.53. The molecule has 1 saturated heterocycles. The van der Waals surface area contributed by atoms with Gasteiger partial charge in [-0.2, -0.15) is 0 Å². The van der Waals surface area contributed by atoms with E-state index in [2.05, 4.69) is 0 Å². The molecule has 0 aliphatic carbocycles. The first-order valence-electron chi connectivity index (χ1n) is 9.53. The van der Waals surface area contributed by atoms with Crippen LogP contribution in [0.4, 0.5) is 5.69 Å². The third kappa shape index (κ3) is 4.07. The molecule has 27 heavy (non-hydrogen) atoms. The van der Waals surface area contributed by atoms with Gasteiger partial charge in [-0.25, -0.2) is 0 Å². The maximum atomic E-state index is 12.7. The van der Waals surface area contributed by atoms with Crippen molar-refractivity contribution < 1.29 is 19.1 Å². The number of rotatable bonds is 3. The lowest BCUT2D eigenvalue weighted by atomic mass is 10.1. The summed E-state index contributed by atoms with van der Waals surface area (Å²) >= 11 is 0. The lowest BCUT2D eigenvalue weighted by molar-refractivity contribution is -0.133. The van der Waals surface area contributed by atoms with Gasteiger partial charge in [0.15, 0.2) is 6.10 Å². The molecule has 1 aromatic rings. The van der Waals surface area contributed by atoms with Gasteiger partial charge >= 0.3 is 0 Å². The Kier molecular flexibility index (Phi) is 5.68. The topological polar surface area (TPSA) is 70.2 Å². The molecule has 1 aromatic carbocycles. The molecule has 0 saturated carbocycles. The third-order valence-corrected chi connectivity index (χ3v) is 5.23. The molecule has 0 N–H and O–H groups in total. The number of nitrogens with zero attached hydrogens (tertiary/aromatic N) is 3.